The standard InChI is InChI=1S/C27H33N3O4S/c1-4-5-13-29(27(32)28-22-15-23(33-2)17-24(16-22)34-3)20-26(31)30(19-25-12-9-14-35-25)18-21-10-7-6-8-11-21/h6-12,14-17H,4-5,13,18-20H2,1-3H3,(H,28,32). The van der Waals surface area contributed by atoms with E-state index in [0.717, 1.165) is 23.3 Å². The summed E-state index contributed by atoms with van der Waals surface area (Å²) in [4.78, 5) is 31.2. The molecule has 0 atom stereocenters. The van der Waals surface area contributed by atoms with Crippen LogP contribution in [0.4, 0.5) is 10.5 Å². The smallest absolute Gasteiger partial charge is 0.322 e. The second kappa shape index (κ2) is 13.4. The molecule has 3 amide bonds. The fraction of sp³-hybridized carbons (Fsp3) is 0.333. The van der Waals surface area contributed by atoms with Crippen LogP contribution in [0, 0.1) is 0 Å². The molecule has 1 aromatic heterocycles. The quantitative estimate of drug-likeness (QED) is 0.354. The molecule has 8 heteroatoms. The maximum absolute atomic E-state index is 13.5. The lowest BCUT2D eigenvalue weighted by atomic mass is 10.2. The molecule has 7 nitrogen and oxygen atoms in total. The van der Waals surface area contributed by atoms with Gasteiger partial charge in [0.15, 0.2) is 0 Å². The molecule has 0 aliphatic carbocycles. The average molecular weight is 496 g/mol. The number of hydrogen-bond donors (Lipinski definition) is 1. The zero-order chi connectivity index (χ0) is 25.0. The molecule has 3 rings (SSSR count). The summed E-state index contributed by atoms with van der Waals surface area (Å²) in [5, 5.41) is 4.90. The Hall–Kier alpha value is -3.52. The molecular formula is C27H33N3O4S. The van der Waals surface area contributed by atoms with E-state index in [4.69, 9.17) is 9.47 Å². The van der Waals surface area contributed by atoms with Crippen molar-refractivity contribution >= 4 is 29.0 Å². The van der Waals surface area contributed by atoms with E-state index >= 15 is 0 Å². The maximum atomic E-state index is 13.5. The Balaban J connectivity index is 1.76. The molecule has 0 saturated carbocycles. The van der Waals surface area contributed by atoms with Gasteiger partial charge in [-0.2, -0.15) is 0 Å². The highest BCUT2D eigenvalue weighted by atomic mass is 32.1. The van der Waals surface area contributed by atoms with Crippen LogP contribution < -0.4 is 14.8 Å². The zero-order valence-corrected chi connectivity index (χ0v) is 21.3. The van der Waals surface area contributed by atoms with E-state index in [9.17, 15) is 9.59 Å². The van der Waals surface area contributed by atoms with Gasteiger partial charge in [0.05, 0.1) is 20.8 Å². The normalized spacial score (nSPS) is 10.5. The van der Waals surface area contributed by atoms with Crippen LogP contribution in [0.5, 0.6) is 11.5 Å². The third-order valence-corrected chi connectivity index (χ3v) is 6.35. The lowest BCUT2D eigenvalue weighted by molar-refractivity contribution is -0.133. The van der Waals surface area contributed by atoms with Gasteiger partial charge in [-0.3, -0.25) is 4.79 Å². The van der Waals surface area contributed by atoms with Gasteiger partial charge in [0.25, 0.3) is 0 Å². The summed E-state index contributed by atoms with van der Waals surface area (Å²) in [6.07, 6.45) is 1.71. The number of carbonyl (C=O) groups is 2. The number of ether oxygens (including phenoxy) is 2. The van der Waals surface area contributed by atoms with Crippen molar-refractivity contribution in [3.63, 3.8) is 0 Å². The van der Waals surface area contributed by atoms with Crippen LogP contribution >= 0.6 is 11.3 Å². The van der Waals surface area contributed by atoms with E-state index in [2.05, 4.69) is 12.2 Å². The number of benzene rings is 2. The van der Waals surface area contributed by atoms with Gasteiger partial charge in [-0.25, -0.2) is 4.79 Å². The average Bonchev–Trinajstić information content (AvgIpc) is 3.39. The maximum Gasteiger partial charge on any atom is 0.322 e. The number of amides is 3. The first kappa shape index (κ1) is 26.1. The van der Waals surface area contributed by atoms with Crippen LogP contribution in [-0.4, -0.2) is 49.0 Å². The molecule has 1 N–H and O–H groups in total. The van der Waals surface area contributed by atoms with Gasteiger partial charge in [0.1, 0.15) is 18.0 Å². The van der Waals surface area contributed by atoms with Crippen LogP contribution in [0.15, 0.2) is 66.0 Å². The summed E-state index contributed by atoms with van der Waals surface area (Å²) in [5.74, 6) is 1.04. The van der Waals surface area contributed by atoms with Crippen molar-refractivity contribution in [1.82, 2.24) is 9.80 Å². The first-order chi connectivity index (χ1) is 17.0. The molecule has 0 spiro atoms. The number of nitrogens with one attached hydrogen (secondary N) is 1. The molecule has 0 bridgehead atoms. The number of anilines is 1. The van der Waals surface area contributed by atoms with E-state index < -0.39 is 0 Å². The molecule has 1 heterocycles. The summed E-state index contributed by atoms with van der Waals surface area (Å²) in [7, 11) is 3.11. The summed E-state index contributed by atoms with van der Waals surface area (Å²) in [6, 6.07) is 18.7. The van der Waals surface area contributed by atoms with Crippen molar-refractivity contribution in [2.75, 3.05) is 32.6 Å². The van der Waals surface area contributed by atoms with E-state index in [-0.39, 0.29) is 18.5 Å². The monoisotopic (exact) mass is 495 g/mol. The number of hydrogen-bond acceptors (Lipinski definition) is 5. The highest BCUT2D eigenvalue weighted by molar-refractivity contribution is 7.09. The lowest BCUT2D eigenvalue weighted by Gasteiger charge is -2.28. The SMILES string of the molecule is CCCCN(CC(=O)N(Cc1ccccc1)Cc1cccs1)C(=O)Nc1cc(OC)cc(OC)c1. The van der Waals surface area contributed by atoms with Crippen molar-refractivity contribution in [2.24, 2.45) is 0 Å². The number of urea groups is 1. The van der Waals surface area contributed by atoms with E-state index in [1.807, 2.05) is 52.7 Å². The van der Waals surface area contributed by atoms with Crippen molar-refractivity contribution < 1.29 is 19.1 Å². The number of rotatable bonds is 12. The molecular weight excluding hydrogens is 462 g/mol. The van der Waals surface area contributed by atoms with Crippen LogP contribution in [0.25, 0.3) is 0 Å². The van der Waals surface area contributed by atoms with Gasteiger partial charge in [0.2, 0.25) is 5.91 Å². The fourth-order valence-electron chi connectivity index (χ4n) is 3.57. The summed E-state index contributed by atoms with van der Waals surface area (Å²) in [5.41, 5.74) is 1.59. The lowest BCUT2D eigenvalue weighted by Crippen LogP contribution is -2.44. The molecule has 186 valence electrons. The Kier molecular flexibility index (Phi) is 9.98. The van der Waals surface area contributed by atoms with E-state index in [1.54, 1.807) is 48.7 Å². The van der Waals surface area contributed by atoms with Crippen LogP contribution in [0.3, 0.4) is 0 Å². The first-order valence-corrected chi connectivity index (χ1v) is 12.5. The van der Waals surface area contributed by atoms with Gasteiger partial charge >= 0.3 is 6.03 Å². The van der Waals surface area contributed by atoms with Crippen LogP contribution in [-0.2, 0) is 17.9 Å². The predicted octanol–water partition coefficient (Wildman–Crippen LogP) is 5.63. The summed E-state index contributed by atoms with van der Waals surface area (Å²) in [6.45, 7) is 3.51. The van der Waals surface area contributed by atoms with Crippen molar-refractivity contribution in [3.8, 4) is 11.5 Å². The second-order valence-electron chi connectivity index (χ2n) is 8.12. The number of methoxy groups -OCH3 is 2. The third-order valence-electron chi connectivity index (χ3n) is 5.49. The summed E-state index contributed by atoms with van der Waals surface area (Å²) >= 11 is 1.62. The van der Waals surface area contributed by atoms with Gasteiger partial charge in [-0.15, -0.1) is 11.3 Å². The Labute approximate surface area is 211 Å². The molecule has 0 radical (unpaired) electrons. The Morgan fingerprint density at radius 1 is 0.914 bits per heavy atom. The van der Waals surface area contributed by atoms with Crippen LogP contribution in [0.2, 0.25) is 0 Å². The molecule has 0 fully saturated rings. The first-order valence-electron chi connectivity index (χ1n) is 11.7. The van der Waals surface area contributed by atoms with Gasteiger partial charge in [-0.05, 0) is 23.4 Å². The zero-order valence-electron chi connectivity index (χ0n) is 20.5. The van der Waals surface area contributed by atoms with Gasteiger partial charge < -0.3 is 24.6 Å². The minimum Gasteiger partial charge on any atom is -0.497 e. The van der Waals surface area contributed by atoms with E-state index in [0.29, 0.717) is 36.8 Å². The molecule has 0 aliphatic rings. The third kappa shape index (κ3) is 8.03. The molecule has 35 heavy (non-hydrogen) atoms. The number of unbranched alkanes of at least 4 members (excludes halogenated alkanes) is 1. The van der Waals surface area contributed by atoms with Crippen molar-refractivity contribution in [1.29, 1.82) is 0 Å². The largest absolute Gasteiger partial charge is 0.497 e. The molecule has 0 unspecified atom stereocenters. The highest BCUT2D eigenvalue weighted by Crippen LogP contribution is 2.26. The van der Waals surface area contributed by atoms with Crippen molar-refractivity contribution in [3.05, 3.63) is 76.5 Å². The minimum absolute atomic E-state index is 0.00878. The van der Waals surface area contributed by atoms with Crippen LogP contribution in [0.1, 0.15) is 30.2 Å². The molecule has 0 saturated heterocycles. The fourth-order valence-corrected chi connectivity index (χ4v) is 4.29. The second-order valence-corrected chi connectivity index (χ2v) is 9.15. The minimum atomic E-state index is -0.335. The summed E-state index contributed by atoms with van der Waals surface area (Å²) < 4.78 is 10.6. The van der Waals surface area contributed by atoms with E-state index in [1.165, 1.54) is 0 Å². The predicted molar refractivity (Wildman–Crippen MR) is 140 cm³/mol. The van der Waals surface area contributed by atoms with Gasteiger partial charge in [-0.1, -0.05) is 49.7 Å². The molecule has 0 aliphatic heterocycles. The molecule has 2 aromatic carbocycles. The Morgan fingerprint density at radius 3 is 2.23 bits per heavy atom. The number of carbonyl (C=O) groups excluding carboxylic acids is 2. The number of nitrogens with zero attached hydrogens (tertiary/aromatic N) is 2. The topological polar surface area (TPSA) is 71.1 Å². The highest BCUT2D eigenvalue weighted by Gasteiger charge is 2.22. The Morgan fingerprint density at radius 2 is 1.63 bits per heavy atom. The van der Waals surface area contributed by atoms with Crippen molar-refractivity contribution in [2.45, 2.75) is 32.9 Å². The number of thiophene rings is 1. The molecule has 3 aromatic rings. The Bertz CT molecular complexity index is 1050. The van der Waals surface area contributed by atoms with Gasteiger partial charge in [0, 0.05) is 41.9 Å².